The van der Waals surface area contributed by atoms with Gasteiger partial charge in [-0.15, -0.1) is 5.10 Å². The van der Waals surface area contributed by atoms with Gasteiger partial charge in [0.2, 0.25) is 5.88 Å². The molecule has 4 heterocycles. The molecule has 3 aromatic heterocycles. The Bertz CT molecular complexity index is 1840. The molecule has 0 radical (unpaired) electrons. The maximum atomic E-state index is 13.7. The zero-order valence-corrected chi connectivity index (χ0v) is 23.8. The number of allylic oxidation sites excluding steroid dienone is 2. The lowest BCUT2D eigenvalue weighted by molar-refractivity contribution is -0.118. The molecule has 0 spiro atoms. The van der Waals surface area contributed by atoms with Gasteiger partial charge in [0, 0.05) is 18.4 Å². The molecule has 1 aliphatic heterocycles. The molecule has 0 bridgehead atoms. The van der Waals surface area contributed by atoms with Crippen molar-refractivity contribution in [2.75, 3.05) is 14.2 Å². The lowest BCUT2D eigenvalue weighted by atomic mass is 9.70. The minimum absolute atomic E-state index is 0.0509. The fraction of sp³-hybridized carbons (Fsp3) is 0.300. The predicted molar refractivity (Wildman–Crippen MR) is 151 cm³/mol. The van der Waals surface area contributed by atoms with Gasteiger partial charge in [0.15, 0.2) is 34.3 Å². The van der Waals surface area contributed by atoms with Crippen molar-refractivity contribution in [3.8, 4) is 17.4 Å². The standard InChI is InChI=1S/C30H27N5O5S/c1-30(2)12-18(36)25-22(13-30)39-28-26(24(25)16-9-10-20(37-3)21(11-16)38-4)27-33-23(34-35(27)15-31-28)14-41-29-32-17-7-5-6-8-19(17)40-29/h5-11,15,24H,12-14H2,1-4H3. The Morgan fingerprint density at radius 3 is 2.71 bits per heavy atom. The van der Waals surface area contributed by atoms with Crippen molar-refractivity contribution in [1.82, 2.24) is 24.6 Å². The number of aromatic nitrogens is 5. The van der Waals surface area contributed by atoms with E-state index in [9.17, 15) is 4.79 Å². The molecule has 1 unspecified atom stereocenters. The summed E-state index contributed by atoms with van der Waals surface area (Å²) in [6, 6.07) is 13.3. The molecular weight excluding hydrogens is 542 g/mol. The molecule has 11 heteroatoms. The third-order valence-corrected chi connectivity index (χ3v) is 8.27. The van der Waals surface area contributed by atoms with Gasteiger partial charge in [-0.3, -0.25) is 4.79 Å². The van der Waals surface area contributed by atoms with E-state index in [0.717, 1.165) is 16.7 Å². The summed E-state index contributed by atoms with van der Waals surface area (Å²) in [6.45, 7) is 4.16. The number of fused-ring (bicyclic) bond motifs is 4. The molecule has 10 nitrogen and oxygen atoms in total. The molecule has 0 saturated carbocycles. The largest absolute Gasteiger partial charge is 0.493 e. The van der Waals surface area contributed by atoms with E-state index < -0.39 is 5.92 Å². The van der Waals surface area contributed by atoms with E-state index in [1.807, 2.05) is 42.5 Å². The zero-order valence-electron chi connectivity index (χ0n) is 23.0. The highest BCUT2D eigenvalue weighted by atomic mass is 32.2. The average molecular weight is 570 g/mol. The van der Waals surface area contributed by atoms with Crippen molar-refractivity contribution in [2.45, 2.75) is 43.6 Å². The number of ketones is 1. The van der Waals surface area contributed by atoms with Crippen molar-refractivity contribution < 1.29 is 23.4 Å². The van der Waals surface area contributed by atoms with Crippen molar-refractivity contribution in [3.63, 3.8) is 0 Å². The number of rotatable bonds is 6. The topological polar surface area (TPSA) is 114 Å². The minimum Gasteiger partial charge on any atom is -0.493 e. The van der Waals surface area contributed by atoms with Crippen LogP contribution in [0.25, 0.3) is 16.7 Å². The van der Waals surface area contributed by atoms with E-state index in [0.29, 0.717) is 69.6 Å². The molecule has 2 aromatic carbocycles. The summed E-state index contributed by atoms with van der Waals surface area (Å²) in [6.07, 6.45) is 2.65. The molecule has 1 atom stereocenters. The third-order valence-electron chi connectivity index (χ3n) is 7.45. The van der Waals surface area contributed by atoms with Crippen molar-refractivity contribution in [2.24, 2.45) is 5.41 Å². The Labute approximate surface area is 239 Å². The number of carbonyl (C=O) groups is 1. The first-order chi connectivity index (χ1) is 19.8. The van der Waals surface area contributed by atoms with Crippen LogP contribution >= 0.6 is 11.8 Å². The van der Waals surface area contributed by atoms with Gasteiger partial charge in [-0.25, -0.2) is 19.5 Å². The van der Waals surface area contributed by atoms with E-state index in [2.05, 4.69) is 28.9 Å². The molecule has 5 aromatic rings. The number of oxazole rings is 1. The SMILES string of the molecule is COc1ccc(C2C3=C(CC(C)(C)CC3=O)Oc3ncn4nc(CSc5nc6ccccc6o5)nc4c32)cc1OC. The number of thioether (sulfide) groups is 1. The summed E-state index contributed by atoms with van der Waals surface area (Å²) in [5.74, 6) is 2.85. The number of carbonyl (C=O) groups excluding carboxylic acids is 1. The summed E-state index contributed by atoms with van der Waals surface area (Å²) in [5, 5.41) is 5.22. The number of methoxy groups -OCH3 is 2. The van der Waals surface area contributed by atoms with Gasteiger partial charge in [0.05, 0.1) is 31.5 Å². The summed E-state index contributed by atoms with van der Waals surface area (Å²) in [5.41, 5.74) is 4.07. The fourth-order valence-corrected chi connectivity index (χ4v) is 6.34. The normalized spacial score (nSPS) is 17.9. The van der Waals surface area contributed by atoms with Crippen LogP contribution in [0.2, 0.25) is 0 Å². The Balaban J connectivity index is 1.33. The Kier molecular flexibility index (Phi) is 6.00. The molecule has 0 N–H and O–H groups in total. The first-order valence-corrected chi connectivity index (χ1v) is 14.2. The van der Waals surface area contributed by atoms with E-state index in [1.54, 1.807) is 25.1 Å². The van der Waals surface area contributed by atoms with E-state index in [4.69, 9.17) is 23.6 Å². The molecule has 41 heavy (non-hydrogen) atoms. The van der Waals surface area contributed by atoms with Gasteiger partial charge in [-0.1, -0.05) is 43.8 Å². The van der Waals surface area contributed by atoms with Gasteiger partial charge in [-0.05, 0) is 35.2 Å². The van der Waals surface area contributed by atoms with Gasteiger partial charge in [-0.2, -0.15) is 0 Å². The summed E-state index contributed by atoms with van der Waals surface area (Å²) in [4.78, 5) is 27.8. The number of hydrogen-bond donors (Lipinski definition) is 0. The van der Waals surface area contributed by atoms with Gasteiger partial charge in [0.25, 0.3) is 5.22 Å². The summed E-state index contributed by atoms with van der Waals surface area (Å²) < 4.78 is 24.9. The number of para-hydroxylation sites is 2. The molecule has 208 valence electrons. The predicted octanol–water partition coefficient (Wildman–Crippen LogP) is 5.74. The van der Waals surface area contributed by atoms with E-state index in [-0.39, 0.29) is 11.2 Å². The highest BCUT2D eigenvalue weighted by Crippen LogP contribution is 2.51. The Morgan fingerprint density at radius 1 is 1.07 bits per heavy atom. The maximum Gasteiger partial charge on any atom is 0.257 e. The lowest BCUT2D eigenvalue weighted by Gasteiger charge is -2.37. The average Bonchev–Trinajstić information content (AvgIpc) is 3.57. The highest BCUT2D eigenvalue weighted by molar-refractivity contribution is 7.98. The smallest absolute Gasteiger partial charge is 0.257 e. The van der Waals surface area contributed by atoms with Crippen LogP contribution in [0.4, 0.5) is 0 Å². The number of Topliss-reactive ketones (excluding diaryl/α,β-unsaturated/α-hetero) is 1. The second-order valence-electron chi connectivity index (χ2n) is 10.9. The first kappa shape index (κ1) is 25.6. The number of ether oxygens (including phenoxy) is 3. The summed E-state index contributed by atoms with van der Waals surface area (Å²) >= 11 is 1.41. The van der Waals surface area contributed by atoms with Crippen molar-refractivity contribution >= 4 is 34.3 Å². The van der Waals surface area contributed by atoms with Crippen LogP contribution < -0.4 is 14.2 Å². The third kappa shape index (κ3) is 4.40. The minimum atomic E-state index is -0.463. The number of nitrogens with zero attached hydrogens (tertiary/aromatic N) is 5. The Morgan fingerprint density at radius 2 is 1.90 bits per heavy atom. The van der Waals surface area contributed by atoms with Crippen LogP contribution in [0.3, 0.4) is 0 Å². The van der Waals surface area contributed by atoms with E-state index in [1.165, 1.54) is 11.8 Å². The highest BCUT2D eigenvalue weighted by Gasteiger charge is 2.44. The molecule has 1 aliphatic carbocycles. The molecule has 2 aliphatic rings. The Hall–Kier alpha value is -4.38. The van der Waals surface area contributed by atoms with Crippen LogP contribution in [-0.4, -0.2) is 44.6 Å². The second kappa shape index (κ2) is 9.62. The van der Waals surface area contributed by atoms with Crippen LogP contribution in [0, 0.1) is 5.41 Å². The van der Waals surface area contributed by atoms with Crippen LogP contribution in [0.1, 0.15) is 49.6 Å². The molecule has 0 saturated heterocycles. The molecule has 7 rings (SSSR count). The molecule has 0 amide bonds. The fourth-order valence-electron chi connectivity index (χ4n) is 5.66. The molecule has 0 fully saturated rings. The number of benzene rings is 2. The second-order valence-corrected chi connectivity index (χ2v) is 11.8. The maximum absolute atomic E-state index is 13.7. The van der Waals surface area contributed by atoms with E-state index >= 15 is 0 Å². The summed E-state index contributed by atoms with van der Waals surface area (Å²) in [7, 11) is 3.19. The zero-order chi connectivity index (χ0) is 28.3. The van der Waals surface area contributed by atoms with Crippen LogP contribution in [0.15, 0.2) is 69.8 Å². The van der Waals surface area contributed by atoms with Crippen molar-refractivity contribution in [3.05, 3.63) is 77.1 Å². The lowest BCUT2D eigenvalue weighted by Crippen LogP contribution is -2.33. The van der Waals surface area contributed by atoms with Crippen LogP contribution in [0.5, 0.6) is 17.4 Å². The monoisotopic (exact) mass is 569 g/mol. The van der Waals surface area contributed by atoms with Crippen molar-refractivity contribution in [1.29, 1.82) is 0 Å². The first-order valence-electron chi connectivity index (χ1n) is 13.2. The van der Waals surface area contributed by atoms with Crippen LogP contribution in [-0.2, 0) is 10.5 Å². The molecular formula is C30H27N5O5S. The van der Waals surface area contributed by atoms with Gasteiger partial charge < -0.3 is 18.6 Å². The van der Waals surface area contributed by atoms with Gasteiger partial charge >= 0.3 is 0 Å². The quantitative estimate of drug-likeness (QED) is 0.234. The van der Waals surface area contributed by atoms with Gasteiger partial charge in [0.1, 0.15) is 17.6 Å². The number of hydrogen-bond acceptors (Lipinski definition) is 10.